The summed E-state index contributed by atoms with van der Waals surface area (Å²) in [5.74, 6) is 0.614. The van der Waals surface area contributed by atoms with Gasteiger partial charge in [0.1, 0.15) is 5.75 Å². The molecule has 6 heteroatoms. The number of carbonyl (C=O) groups excluding carboxylic acids is 1. The first-order valence-electron chi connectivity index (χ1n) is 5.97. The van der Waals surface area contributed by atoms with Crippen molar-refractivity contribution in [1.82, 2.24) is 9.97 Å². The largest absolute Gasteiger partial charge is 0.497 e. The summed E-state index contributed by atoms with van der Waals surface area (Å²) in [7, 11) is 1.55. The maximum atomic E-state index is 12.2. The van der Waals surface area contributed by atoms with Crippen molar-refractivity contribution < 1.29 is 9.53 Å². The number of benzene rings is 1. The predicted octanol–water partition coefficient (Wildman–Crippen LogP) is 3.12. The topological polar surface area (TPSA) is 64.1 Å². The summed E-state index contributed by atoms with van der Waals surface area (Å²) in [5, 5.41) is 2.69. The number of anilines is 1. The van der Waals surface area contributed by atoms with E-state index in [2.05, 4.69) is 31.2 Å². The second kappa shape index (κ2) is 6.00. The van der Waals surface area contributed by atoms with Crippen molar-refractivity contribution in [3.63, 3.8) is 0 Å². The highest BCUT2D eigenvalue weighted by atomic mass is 79.9. The summed E-state index contributed by atoms with van der Waals surface area (Å²) < 4.78 is 5.80. The smallest absolute Gasteiger partial charge is 0.259 e. The molecule has 1 N–H and O–H groups in total. The van der Waals surface area contributed by atoms with E-state index in [0.29, 0.717) is 21.7 Å². The fourth-order valence-electron chi connectivity index (χ4n) is 1.76. The van der Waals surface area contributed by atoms with Crippen LogP contribution in [-0.2, 0) is 0 Å². The quantitative estimate of drug-likeness (QED) is 0.935. The molecule has 0 aliphatic heterocycles. The average molecular weight is 336 g/mol. The Labute approximate surface area is 125 Å². The number of nitrogens with one attached hydrogen (secondary N) is 1. The highest BCUT2D eigenvalue weighted by Gasteiger charge is 2.13. The molecule has 0 aliphatic carbocycles. The normalized spacial score (nSPS) is 10.2. The van der Waals surface area contributed by atoms with Gasteiger partial charge in [-0.15, -0.1) is 0 Å². The molecule has 0 spiro atoms. The molecule has 1 heterocycles. The van der Waals surface area contributed by atoms with Gasteiger partial charge in [-0.3, -0.25) is 10.1 Å². The Bertz CT molecular complexity index is 639. The number of aryl methyl sites for hydroxylation is 2. The third kappa shape index (κ3) is 3.33. The van der Waals surface area contributed by atoms with Gasteiger partial charge in [-0.25, -0.2) is 9.97 Å². The standard InChI is InChI=1S/C14H14BrN3O2/c1-8-6-9(2)17-14(16-8)18-13(19)11-7-10(20-3)4-5-12(11)15/h4-7H,1-3H3,(H,16,17,18,19). The van der Waals surface area contributed by atoms with Crippen molar-refractivity contribution in [1.29, 1.82) is 0 Å². The Morgan fingerprint density at radius 3 is 2.45 bits per heavy atom. The lowest BCUT2D eigenvalue weighted by atomic mass is 10.2. The lowest BCUT2D eigenvalue weighted by Crippen LogP contribution is -2.15. The van der Waals surface area contributed by atoms with Crippen LogP contribution in [0, 0.1) is 13.8 Å². The first kappa shape index (κ1) is 14.5. The van der Waals surface area contributed by atoms with E-state index in [9.17, 15) is 4.79 Å². The molecule has 2 rings (SSSR count). The number of methoxy groups -OCH3 is 1. The SMILES string of the molecule is COc1ccc(Br)c(C(=O)Nc2nc(C)cc(C)n2)c1. The highest BCUT2D eigenvalue weighted by Crippen LogP contribution is 2.23. The number of amides is 1. The summed E-state index contributed by atoms with van der Waals surface area (Å²) in [4.78, 5) is 20.6. The van der Waals surface area contributed by atoms with Crippen LogP contribution in [0.4, 0.5) is 5.95 Å². The predicted molar refractivity (Wildman–Crippen MR) is 80.2 cm³/mol. The van der Waals surface area contributed by atoms with E-state index in [0.717, 1.165) is 11.4 Å². The van der Waals surface area contributed by atoms with E-state index in [1.807, 2.05) is 19.9 Å². The Kier molecular flexibility index (Phi) is 4.34. The van der Waals surface area contributed by atoms with E-state index in [4.69, 9.17) is 4.74 Å². The molecule has 1 aromatic carbocycles. The van der Waals surface area contributed by atoms with Crippen LogP contribution in [0.25, 0.3) is 0 Å². The van der Waals surface area contributed by atoms with Gasteiger partial charge in [0.2, 0.25) is 5.95 Å². The average Bonchev–Trinajstić information content (AvgIpc) is 2.37. The van der Waals surface area contributed by atoms with Crippen molar-refractivity contribution in [3.8, 4) is 5.75 Å². The van der Waals surface area contributed by atoms with Crippen LogP contribution in [-0.4, -0.2) is 23.0 Å². The van der Waals surface area contributed by atoms with Crippen LogP contribution in [0.5, 0.6) is 5.75 Å². The van der Waals surface area contributed by atoms with Crippen LogP contribution in [0.1, 0.15) is 21.7 Å². The zero-order valence-electron chi connectivity index (χ0n) is 11.4. The molecule has 2 aromatic rings. The van der Waals surface area contributed by atoms with Gasteiger partial charge in [-0.05, 0) is 54.0 Å². The summed E-state index contributed by atoms with van der Waals surface area (Å²) in [6.07, 6.45) is 0. The molecule has 0 radical (unpaired) electrons. The molecule has 1 amide bonds. The van der Waals surface area contributed by atoms with Crippen LogP contribution >= 0.6 is 15.9 Å². The summed E-state index contributed by atoms with van der Waals surface area (Å²) in [6, 6.07) is 7.03. The Balaban J connectivity index is 2.27. The van der Waals surface area contributed by atoms with Crippen molar-refractivity contribution >= 4 is 27.8 Å². The minimum Gasteiger partial charge on any atom is -0.497 e. The Morgan fingerprint density at radius 1 is 1.20 bits per heavy atom. The summed E-state index contributed by atoms with van der Waals surface area (Å²) in [5.41, 5.74) is 2.07. The first-order chi connectivity index (χ1) is 9.49. The second-order valence-electron chi connectivity index (χ2n) is 4.27. The number of rotatable bonds is 3. The van der Waals surface area contributed by atoms with Gasteiger partial charge in [-0.2, -0.15) is 0 Å². The maximum Gasteiger partial charge on any atom is 0.259 e. The van der Waals surface area contributed by atoms with Crippen molar-refractivity contribution in [2.45, 2.75) is 13.8 Å². The lowest BCUT2D eigenvalue weighted by molar-refractivity contribution is 0.102. The molecule has 104 valence electrons. The van der Waals surface area contributed by atoms with Gasteiger partial charge in [0.05, 0.1) is 12.7 Å². The Morgan fingerprint density at radius 2 is 1.85 bits per heavy atom. The van der Waals surface area contributed by atoms with Gasteiger partial charge >= 0.3 is 0 Å². The molecular weight excluding hydrogens is 322 g/mol. The third-order valence-electron chi connectivity index (χ3n) is 2.63. The molecule has 0 unspecified atom stereocenters. The lowest BCUT2D eigenvalue weighted by Gasteiger charge is -2.08. The molecule has 0 atom stereocenters. The number of hydrogen-bond donors (Lipinski definition) is 1. The fraction of sp³-hybridized carbons (Fsp3) is 0.214. The van der Waals surface area contributed by atoms with Crippen LogP contribution in [0.2, 0.25) is 0 Å². The number of ether oxygens (including phenoxy) is 1. The zero-order chi connectivity index (χ0) is 14.7. The van der Waals surface area contributed by atoms with E-state index < -0.39 is 0 Å². The summed E-state index contributed by atoms with van der Waals surface area (Å²) >= 11 is 3.35. The van der Waals surface area contributed by atoms with Gasteiger partial charge in [0, 0.05) is 15.9 Å². The van der Waals surface area contributed by atoms with Crippen molar-refractivity contribution in [3.05, 3.63) is 45.7 Å². The van der Waals surface area contributed by atoms with E-state index in [1.165, 1.54) is 0 Å². The molecule has 0 saturated carbocycles. The van der Waals surface area contributed by atoms with Gasteiger partial charge in [0.25, 0.3) is 5.91 Å². The molecule has 20 heavy (non-hydrogen) atoms. The molecule has 0 bridgehead atoms. The number of nitrogens with zero attached hydrogens (tertiary/aromatic N) is 2. The fourth-order valence-corrected chi connectivity index (χ4v) is 2.18. The first-order valence-corrected chi connectivity index (χ1v) is 6.76. The summed E-state index contributed by atoms with van der Waals surface area (Å²) in [6.45, 7) is 3.71. The van der Waals surface area contributed by atoms with E-state index >= 15 is 0 Å². The van der Waals surface area contributed by atoms with Gasteiger partial charge in [-0.1, -0.05) is 0 Å². The Hall–Kier alpha value is -1.95. The number of carbonyl (C=O) groups is 1. The van der Waals surface area contributed by atoms with Crippen molar-refractivity contribution in [2.24, 2.45) is 0 Å². The number of aromatic nitrogens is 2. The minimum absolute atomic E-state index is 0.291. The minimum atomic E-state index is -0.291. The van der Waals surface area contributed by atoms with Crippen LogP contribution in [0.3, 0.4) is 0 Å². The van der Waals surface area contributed by atoms with Crippen LogP contribution in [0.15, 0.2) is 28.7 Å². The zero-order valence-corrected chi connectivity index (χ0v) is 13.0. The monoisotopic (exact) mass is 335 g/mol. The number of hydrogen-bond acceptors (Lipinski definition) is 4. The third-order valence-corrected chi connectivity index (χ3v) is 3.32. The molecule has 0 aliphatic rings. The highest BCUT2D eigenvalue weighted by molar-refractivity contribution is 9.10. The number of halogens is 1. The van der Waals surface area contributed by atoms with Crippen molar-refractivity contribution in [2.75, 3.05) is 12.4 Å². The van der Waals surface area contributed by atoms with E-state index in [1.54, 1.807) is 25.3 Å². The van der Waals surface area contributed by atoms with Crippen LogP contribution < -0.4 is 10.1 Å². The van der Waals surface area contributed by atoms with E-state index in [-0.39, 0.29) is 5.91 Å². The molecular formula is C14H14BrN3O2. The maximum absolute atomic E-state index is 12.2. The van der Waals surface area contributed by atoms with Gasteiger partial charge in [0.15, 0.2) is 0 Å². The molecule has 0 saturated heterocycles. The molecule has 5 nitrogen and oxygen atoms in total. The molecule has 1 aromatic heterocycles. The van der Waals surface area contributed by atoms with Gasteiger partial charge < -0.3 is 4.74 Å². The second-order valence-corrected chi connectivity index (χ2v) is 5.13. The molecule has 0 fully saturated rings.